The van der Waals surface area contributed by atoms with Crippen molar-refractivity contribution in [3.63, 3.8) is 0 Å². The number of carboxylic acid groups (broad SMARTS) is 1. The number of pyridine rings is 1. The molecule has 2 aromatic carbocycles. The Hall–Kier alpha value is -4.41. The Morgan fingerprint density at radius 2 is 1.68 bits per heavy atom. The predicted octanol–water partition coefficient (Wildman–Crippen LogP) is 5.89. The number of Topliss-reactive ketones (excluding diaryl/α,β-unsaturated/α-hetero) is 1. The van der Waals surface area contributed by atoms with Crippen LogP contribution in [0.3, 0.4) is 0 Å². The van der Waals surface area contributed by atoms with Crippen molar-refractivity contribution >= 4 is 34.8 Å². The summed E-state index contributed by atoms with van der Waals surface area (Å²) >= 11 is 0. The molecule has 11 heteroatoms. The minimum Gasteiger partial charge on any atom is -0.465 e. The van der Waals surface area contributed by atoms with E-state index in [2.05, 4.69) is 15.6 Å². The number of amides is 2. The molecule has 4 rings (SSSR count). The van der Waals surface area contributed by atoms with E-state index in [0.29, 0.717) is 18.2 Å². The Morgan fingerprint density at radius 3 is 2.32 bits per heavy atom. The van der Waals surface area contributed by atoms with E-state index >= 15 is 0 Å². The van der Waals surface area contributed by atoms with Gasteiger partial charge in [-0.05, 0) is 48.6 Å². The quantitative estimate of drug-likeness (QED) is 0.210. The molecule has 0 bridgehead atoms. The van der Waals surface area contributed by atoms with Gasteiger partial charge < -0.3 is 15.7 Å². The fraction of sp³-hybridized carbons (Fsp3) is 0.231. The van der Waals surface area contributed by atoms with E-state index in [1.54, 1.807) is 36.7 Å². The minimum atomic E-state index is -4.77. The maximum atomic E-state index is 13.8. The van der Waals surface area contributed by atoms with Crippen LogP contribution in [0.15, 0.2) is 60.9 Å². The molecule has 4 N–H and O–H groups in total. The SMILES string of the molecule is O=C(O)Nc1cc(NCC2CC2)c(C(F)(F)F)cc1NC(=O)CC(=O)c1cccc(-c2cccnc2)c1. The summed E-state index contributed by atoms with van der Waals surface area (Å²) in [5.41, 5.74) is -0.320. The lowest BCUT2D eigenvalue weighted by Gasteiger charge is -2.19. The average molecular weight is 512 g/mol. The van der Waals surface area contributed by atoms with Gasteiger partial charge in [-0.3, -0.25) is 19.9 Å². The number of hydrogen-bond acceptors (Lipinski definition) is 5. The van der Waals surface area contributed by atoms with Crippen molar-refractivity contribution in [2.75, 3.05) is 22.5 Å². The summed E-state index contributed by atoms with van der Waals surface area (Å²) in [6.45, 7) is 0.313. The van der Waals surface area contributed by atoms with Gasteiger partial charge in [-0.15, -0.1) is 0 Å². The van der Waals surface area contributed by atoms with Crippen LogP contribution < -0.4 is 16.0 Å². The Kier molecular flexibility index (Phi) is 7.42. The zero-order chi connectivity index (χ0) is 26.6. The highest BCUT2D eigenvalue weighted by Gasteiger charge is 2.35. The fourth-order valence-electron chi connectivity index (χ4n) is 3.73. The van der Waals surface area contributed by atoms with Gasteiger partial charge in [-0.25, -0.2) is 4.79 Å². The Morgan fingerprint density at radius 1 is 0.946 bits per heavy atom. The molecule has 2 amide bonds. The first-order chi connectivity index (χ1) is 17.6. The molecular formula is C26H23F3N4O4. The molecule has 1 aliphatic carbocycles. The topological polar surface area (TPSA) is 120 Å². The molecule has 0 unspecified atom stereocenters. The lowest BCUT2D eigenvalue weighted by molar-refractivity contribution is -0.137. The summed E-state index contributed by atoms with van der Waals surface area (Å²) < 4.78 is 41.3. The number of carbonyl (C=O) groups excluding carboxylic acids is 2. The first-order valence-electron chi connectivity index (χ1n) is 11.4. The minimum absolute atomic E-state index is 0.232. The zero-order valence-corrected chi connectivity index (χ0v) is 19.4. The second kappa shape index (κ2) is 10.7. The molecule has 1 heterocycles. The van der Waals surface area contributed by atoms with Crippen molar-refractivity contribution in [2.24, 2.45) is 5.92 Å². The third-order valence-corrected chi connectivity index (χ3v) is 5.76. The van der Waals surface area contributed by atoms with Gasteiger partial charge in [0.1, 0.15) is 0 Å². The van der Waals surface area contributed by atoms with Crippen LogP contribution in [0.5, 0.6) is 0 Å². The van der Waals surface area contributed by atoms with Crippen molar-refractivity contribution in [1.82, 2.24) is 4.98 Å². The van der Waals surface area contributed by atoms with Gasteiger partial charge >= 0.3 is 12.3 Å². The first-order valence-corrected chi connectivity index (χ1v) is 11.4. The first kappa shape index (κ1) is 25.7. The summed E-state index contributed by atoms with van der Waals surface area (Å²) in [5, 5.41) is 16.2. The summed E-state index contributed by atoms with van der Waals surface area (Å²) in [4.78, 5) is 40.7. The Labute approximate surface area is 209 Å². The normalized spacial score (nSPS) is 13.1. The molecule has 1 aliphatic rings. The highest BCUT2D eigenvalue weighted by atomic mass is 19.4. The Bertz CT molecular complexity index is 1330. The fourth-order valence-corrected chi connectivity index (χ4v) is 3.73. The highest BCUT2D eigenvalue weighted by Crippen LogP contribution is 2.41. The van der Waals surface area contributed by atoms with Crippen LogP contribution in [0.25, 0.3) is 11.1 Å². The largest absolute Gasteiger partial charge is 0.465 e. The number of rotatable bonds is 9. The summed E-state index contributed by atoms with van der Waals surface area (Å²) in [5.74, 6) is -1.19. The third-order valence-electron chi connectivity index (χ3n) is 5.76. The number of benzene rings is 2. The van der Waals surface area contributed by atoms with Crippen LogP contribution in [-0.4, -0.2) is 34.4 Å². The second-order valence-corrected chi connectivity index (χ2v) is 8.67. The lowest BCUT2D eigenvalue weighted by Crippen LogP contribution is -2.20. The van der Waals surface area contributed by atoms with E-state index in [1.165, 1.54) is 6.07 Å². The number of hydrogen-bond donors (Lipinski definition) is 4. The van der Waals surface area contributed by atoms with Gasteiger partial charge in [0.25, 0.3) is 0 Å². The molecule has 1 fully saturated rings. The summed E-state index contributed by atoms with van der Waals surface area (Å²) in [6.07, 6.45) is -1.91. The van der Waals surface area contributed by atoms with E-state index in [-0.39, 0.29) is 22.9 Å². The highest BCUT2D eigenvalue weighted by molar-refractivity contribution is 6.12. The monoisotopic (exact) mass is 512 g/mol. The van der Waals surface area contributed by atoms with Crippen LogP contribution in [0.1, 0.15) is 35.2 Å². The maximum Gasteiger partial charge on any atom is 0.418 e. The number of halogens is 3. The van der Waals surface area contributed by atoms with Crippen LogP contribution in [0.2, 0.25) is 0 Å². The van der Waals surface area contributed by atoms with E-state index < -0.39 is 41.6 Å². The number of carbonyl (C=O) groups is 3. The van der Waals surface area contributed by atoms with Crippen molar-refractivity contribution < 1.29 is 32.7 Å². The molecule has 0 saturated heterocycles. The average Bonchev–Trinajstić information content (AvgIpc) is 3.68. The molecule has 8 nitrogen and oxygen atoms in total. The summed E-state index contributed by atoms with van der Waals surface area (Å²) in [7, 11) is 0. The zero-order valence-electron chi connectivity index (χ0n) is 19.4. The molecule has 0 atom stereocenters. The summed E-state index contributed by atoms with van der Waals surface area (Å²) in [6, 6.07) is 11.7. The van der Waals surface area contributed by atoms with Crippen molar-refractivity contribution in [2.45, 2.75) is 25.4 Å². The third kappa shape index (κ3) is 6.84. The van der Waals surface area contributed by atoms with Crippen molar-refractivity contribution in [3.05, 3.63) is 72.1 Å². The number of ketones is 1. The van der Waals surface area contributed by atoms with E-state index in [9.17, 15) is 27.6 Å². The van der Waals surface area contributed by atoms with Crippen LogP contribution in [0, 0.1) is 5.92 Å². The van der Waals surface area contributed by atoms with E-state index in [1.807, 2.05) is 11.4 Å². The van der Waals surface area contributed by atoms with Crippen LogP contribution in [0.4, 0.5) is 35.0 Å². The van der Waals surface area contributed by atoms with Gasteiger partial charge in [0.2, 0.25) is 5.91 Å². The number of nitrogens with one attached hydrogen (secondary N) is 3. The molecule has 37 heavy (non-hydrogen) atoms. The van der Waals surface area contributed by atoms with Crippen LogP contribution in [-0.2, 0) is 11.0 Å². The number of nitrogens with zero attached hydrogens (tertiary/aromatic N) is 1. The van der Waals surface area contributed by atoms with Gasteiger partial charge in [0, 0.05) is 35.8 Å². The molecule has 0 radical (unpaired) electrons. The van der Waals surface area contributed by atoms with Gasteiger partial charge in [-0.2, -0.15) is 13.2 Å². The van der Waals surface area contributed by atoms with E-state index in [4.69, 9.17) is 5.11 Å². The molecule has 192 valence electrons. The molecule has 3 aromatic rings. The predicted molar refractivity (Wildman–Crippen MR) is 132 cm³/mol. The molecular weight excluding hydrogens is 489 g/mol. The number of aromatic nitrogens is 1. The molecule has 1 aromatic heterocycles. The van der Waals surface area contributed by atoms with Crippen LogP contribution >= 0.6 is 0 Å². The van der Waals surface area contributed by atoms with Gasteiger partial charge in [0.15, 0.2) is 5.78 Å². The van der Waals surface area contributed by atoms with Gasteiger partial charge in [-0.1, -0.05) is 24.3 Å². The standard InChI is InChI=1S/C26H23F3N4O4/c27-26(28,29)19-10-21(22(33-25(36)37)11-20(19)31-13-15-6-7-15)32-24(35)12-23(34)17-4-1-3-16(9-17)18-5-2-8-30-14-18/h1-5,8-11,14-15,31,33H,6-7,12-13H2,(H,32,35)(H,36,37). The maximum absolute atomic E-state index is 13.8. The molecule has 0 spiro atoms. The van der Waals surface area contributed by atoms with Crippen molar-refractivity contribution in [1.29, 1.82) is 0 Å². The number of alkyl halides is 3. The molecule has 1 saturated carbocycles. The molecule has 0 aliphatic heterocycles. The van der Waals surface area contributed by atoms with Gasteiger partial charge in [0.05, 0.1) is 23.4 Å². The van der Waals surface area contributed by atoms with E-state index in [0.717, 1.165) is 24.5 Å². The number of anilines is 3. The smallest absolute Gasteiger partial charge is 0.418 e. The van der Waals surface area contributed by atoms with Crippen molar-refractivity contribution in [3.8, 4) is 11.1 Å². The second-order valence-electron chi connectivity index (χ2n) is 8.67. The lowest BCUT2D eigenvalue weighted by atomic mass is 10.0. The Balaban J connectivity index is 1.55.